The summed E-state index contributed by atoms with van der Waals surface area (Å²) in [4.78, 5) is 24.7. The number of rotatable bonds is 7. The van der Waals surface area contributed by atoms with Crippen LogP contribution in [0.3, 0.4) is 0 Å². The average molecular weight is 389 g/mol. The van der Waals surface area contributed by atoms with E-state index in [-0.39, 0.29) is 17.9 Å². The van der Waals surface area contributed by atoms with Crippen LogP contribution in [0.1, 0.15) is 12.0 Å². The summed E-state index contributed by atoms with van der Waals surface area (Å²) >= 11 is 5.88. The minimum absolute atomic E-state index is 0.0694. The number of carbonyl (C=O) groups excluding carboxylic acids is 2. The molecule has 0 radical (unpaired) electrons. The highest BCUT2D eigenvalue weighted by atomic mass is 35.5. The van der Waals surface area contributed by atoms with Crippen LogP contribution < -0.4 is 5.32 Å². The Morgan fingerprint density at radius 2 is 1.89 bits per heavy atom. The maximum Gasteiger partial charge on any atom is 0.343 e. The SMILES string of the molecule is C=CCC(Nc1oc(-c2ccc(Cl)cc2)cc1C#N)(C(=O)OC)C(=O)OC. The van der Waals surface area contributed by atoms with E-state index in [9.17, 15) is 14.9 Å². The van der Waals surface area contributed by atoms with Crippen molar-refractivity contribution < 1.29 is 23.5 Å². The van der Waals surface area contributed by atoms with Gasteiger partial charge >= 0.3 is 11.9 Å². The summed E-state index contributed by atoms with van der Waals surface area (Å²) in [5.74, 6) is -1.52. The first-order valence-electron chi connectivity index (χ1n) is 7.77. The zero-order valence-corrected chi connectivity index (χ0v) is 15.5. The van der Waals surface area contributed by atoms with Crippen molar-refractivity contribution in [1.29, 1.82) is 5.26 Å². The van der Waals surface area contributed by atoms with Gasteiger partial charge in [-0.3, -0.25) is 0 Å². The summed E-state index contributed by atoms with van der Waals surface area (Å²) in [6.45, 7) is 3.56. The Morgan fingerprint density at radius 3 is 2.37 bits per heavy atom. The average Bonchev–Trinajstić information content (AvgIpc) is 3.09. The van der Waals surface area contributed by atoms with E-state index in [0.717, 1.165) is 14.2 Å². The van der Waals surface area contributed by atoms with Crippen LogP contribution >= 0.6 is 11.6 Å². The third-order valence-electron chi connectivity index (χ3n) is 3.83. The molecule has 0 aliphatic rings. The lowest BCUT2D eigenvalue weighted by atomic mass is 9.95. The van der Waals surface area contributed by atoms with Crippen LogP contribution in [-0.2, 0) is 19.1 Å². The molecule has 1 N–H and O–H groups in total. The van der Waals surface area contributed by atoms with Crippen LogP contribution in [0.5, 0.6) is 0 Å². The number of nitrogens with one attached hydrogen (secondary N) is 1. The summed E-state index contributed by atoms with van der Waals surface area (Å²) in [5, 5.41) is 12.6. The lowest BCUT2D eigenvalue weighted by Crippen LogP contribution is -2.54. The summed E-state index contributed by atoms with van der Waals surface area (Å²) in [7, 11) is 2.27. The molecule has 140 valence electrons. The molecule has 1 aromatic heterocycles. The molecule has 0 atom stereocenters. The van der Waals surface area contributed by atoms with Crippen molar-refractivity contribution in [3.63, 3.8) is 0 Å². The van der Waals surface area contributed by atoms with Crippen LogP contribution in [0.2, 0.25) is 5.02 Å². The molecule has 1 aromatic carbocycles. The van der Waals surface area contributed by atoms with Gasteiger partial charge in [0.25, 0.3) is 0 Å². The molecule has 0 aliphatic heterocycles. The Kier molecular flexibility index (Phi) is 6.27. The maximum atomic E-state index is 12.4. The normalized spacial score (nSPS) is 10.6. The number of nitriles is 1. The molecule has 7 nitrogen and oxygen atoms in total. The minimum atomic E-state index is -1.94. The lowest BCUT2D eigenvalue weighted by molar-refractivity contribution is -0.159. The molecule has 0 saturated carbocycles. The van der Waals surface area contributed by atoms with E-state index in [1.165, 1.54) is 12.1 Å². The van der Waals surface area contributed by atoms with Crippen molar-refractivity contribution in [2.45, 2.75) is 12.0 Å². The second kappa shape index (κ2) is 8.43. The number of anilines is 1. The number of carbonyl (C=O) groups is 2. The Morgan fingerprint density at radius 1 is 1.30 bits per heavy atom. The number of ether oxygens (including phenoxy) is 2. The number of furan rings is 1. The van der Waals surface area contributed by atoms with E-state index in [1.807, 2.05) is 6.07 Å². The van der Waals surface area contributed by atoms with Gasteiger partial charge in [0.1, 0.15) is 17.4 Å². The number of hydrogen-bond donors (Lipinski definition) is 1. The van der Waals surface area contributed by atoms with Gasteiger partial charge in [0.05, 0.1) is 14.2 Å². The van der Waals surface area contributed by atoms with Crippen LogP contribution in [0.4, 0.5) is 5.88 Å². The highest BCUT2D eigenvalue weighted by Crippen LogP contribution is 2.33. The highest BCUT2D eigenvalue weighted by molar-refractivity contribution is 6.30. The standard InChI is InChI=1S/C19H17ClN2O5/c1-4-9-19(17(23)25-2,18(24)26-3)22-16-13(11-21)10-15(27-16)12-5-7-14(20)8-6-12/h4-8,10,22H,1,9H2,2-3H3. The number of hydrogen-bond acceptors (Lipinski definition) is 7. The number of halogens is 1. The third kappa shape index (κ3) is 3.96. The molecule has 27 heavy (non-hydrogen) atoms. The Hall–Kier alpha value is -3.24. The summed E-state index contributed by atoms with van der Waals surface area (Å²) in [6.07, 6.45) is 1.21. The fraction of sp³-hybridized carbons (Fsp3) is 0.211. The van der Waals surface area contributed by atoms with Gasteiger partial charge in [-0.2, -0.15) is 5.26 Å². The van der Waals surface area contributed by atoms with Crippen molar-refractivity contribution in [2.24, 2.45) is 0 Å². The van der Waals surface area contributed by atoms with Crippen molar-refractivity contribution in [2.75, 3.05) is 19.5 Å². The highest BCUT2D eigenvalue weighted by Gasteiger charge is 2.49. The fourth-order valence-corrected chi connectivity index (χ4v) is 2.61. The predicted molar refractivity (Wildman–Crippen MR) is 99.1 cm³/mol. The number of nitrogens with zero attached hydrogens (tertiary/aromatic N) is 1. The van der Waals surface area contributed by atoms with E-state index in [4.69, 9.17) is 25.5 Å². The Bertz CT molecular complexity index is 880. The quantitative estimate of drug-likeness (QED) is 0.439. The zero-order valence-electron chi connectivity index (χ0n) is 14.7. The summed E-state index contributed by atoms with van der Waals surface area (Å²) < 4.78 is 15.2. The van der Waals surface area contributed by atoms with Crippen molar-refractivity contribution in [3.05, 3.63) is 53.6 Å². The summed E-state index contributed by atoms with van der Waals surface area (Å²) in [6, 6.07) is 10.2. The van der Waals surface area contributed by atoms with Gasteiger partial charge in [0, 0.05) is 23.1 Å². The molecule has 0 amide bonds. The van der Waals surface area contributed by atoms with Crippen LogP contribution in [0, 0.1) is 11.3 Å². The van der Waals surface area contributed by atoms with Gasteiger partial charge in [-0.1, -0.05) is 17.7 Å². The molecule has 2 aromatic rings. The molecular weight excluding hydrogens is 372 g/mol. The van der Waals surface area contributed by atoms with Crippen LogP contribution in [0.15, 0.2) is 47.4 Å². The van der Waals surface area contributed by atoms with Crippen LogP contribution in [-0.4, -0.2) is 31.7 Å². The molecule has 0 saturated heterocycles. The number of methoxy groups -OCH3 is 2. The monoisotopic (exact) mass is 388 g/mol. The first kappa shape index (κ1) is 20.1. The molecular formula is C19H17ClN2O5. The van der Waals surface area contributed by atoms with E-state index >= 15 is 0 Å². The molecule has 2 rings (SSSR count). The van der Waals surface area contributed by atoms with Gasteiger partial charge in [-0.05, 0) is 24.3 Å². The van der Waals surface area contributed by atoms with Gasteiger partial charge in [-0.25, -0.2) is 9.59 Å². The molecule has 0 unspecified atom stereocenters. The predicted octanol–water partition coefficient (Wildman–Crippen LogP) is 3.54. The van der Waals surface area contributed by atoms with Gasteiger partial charge in [-0.15, -0.1) is 6.58 Å². The van der Waals surface area contributed by atoms with E-state index < -0.39 is 17.5 Å². The number of esters is 2. The van der Waals surface area contributed by atoms with E-state index in [2.05, 4.69) is 11.9 Å². The second-order valence-electron chi connectivity index (χ2n) is 5.48. The summed E-state index contributed by atoms with van der Waals surface area (Å²) in [5.41, 5.74) is -1.18. The van der Waals surface area contributed by atoms with Crippen molar-refractivity contribution >= 4 is 29.4 Å². The Balaban J connectivity index is 2.53. The second-order valence-corrected chi connectivity index (χ2v) is 5.91. The zero-order chi connectivity index (χ0) is 20.0. The van der Waals surface area contributed by atoms with Gasteiger partial charge in [0.2, 0.25) is 11.4 Å². The van der Waals surface area contributed by atoms with E-state index in [0.29, 0.717) is 16.3 Å². The first-order valence-corrected chi connectivity index (χ1v) is 8.15. The van der Waals surface area contributed by atoms with E-state index in [1.54, 1.807) is 24.3 Å². The maximum absolute atomic E-state index is 12.4. The molecule has 1 heterocycles. The molecule has 8 heteroatoms. The first-order chi connectivity index (χ1) is 12.9. The topological polar surface area (TPSA) is 102 Å². The molecule has 0 bridgehead atoms. The smallest absolute Gasteiger partial charge is 0.343 e. The minimum Gasteiger partial charge on any atom is -0.467 e. The largest absolute Gasteiger partial charge is 0.467 e. The van der Waals surface area contributed by atoms with Gasteiger partial charge < -0.3 is 19.2 Å². The molecule has 0 spiro atoms. The van der Waals surface area contributed by atoms with Gasteiger partial charge in [0.15, 0.2) is 0 Å². The van der Waals surface area contributed by atoms with Crippen LogP contribution in [0.25, 0.3) is 11.3 Å². The Labute approximate surface area is 161 Å². The molecule has 0 fully saturated rings. The van der Waals surface area contributed by atoms with Crippen molar-refractivity contribution in [1.82, 2.24) is 0 Å². The third-order valence-corrected chi connectivity index (χ3v) is 4.08. The number of benzene rings is 1. The van der Waals surface area contributed by atoms with Crippen molar-refractivity contribution in [3.8, 4) is 17.4 Å². The molecule has 0 aliphatic carbocycles. The fourth-order valence-electron chi connectivity index (χ4n) is 2.49. The lowest BCUT2D eigenvalue weighted by Gasteiger charge is -2.27.